The van der Waals surface area contributed by atoms with E-state index in [0.29, 0.717) is 6.54 Å². The molecule has 1 N–H and O–H groups in total. The van der Waals surface area contributed by atoms with Crippen LogP contribution in [0, 0.1) is 24.2 Å². The molecule has 16 heavy (non-hydrogen) atoms. The number of hydrogen-bond acceptors (Lipinski definition) is 3. The van der Waals surface area contributed by atoms with Crippen LogP contribution in [0.4, 0.5) is 0 Å². The number of aryl methyl sites for hydroxylation is 1. The minimum absolute atomic E-state index is 0.391. The van der Waals surface area contributed by atoms with Crippen LogP contribution in [0.3, 0.4) is 0 Å². The summed E-state index contributed by atoms with van der Waals surface area (Å²) in [5.74, 6) is -0.391. The smallest absolute Gasteiger partial charge is 0.0960 e. The predicted octanol–water partition coefficient (Wildman–Crippen LogP) is 1.73. The molecule has 0 amide bonds. The van der Waals surface area contributed by atoms with Crippen LogP contribution in [0.1, 0.15) is 17.2 Å². The molecule has 0 radical (unpaired) electrons. The summed E-state index contributed by atoms with van der Waals surface area (Å²) in [4.78, 5) is 1.91. The molecule has 1 aromatic carbocycles. The quantitative estimate of drug-likeness (QED) is 0.837. The summed E-state index contributed by atoms with van der Waals surface area (Å²) in [5, 5.41) is 19.1. The number of nitriles is 1. The minimum atomic E-state index is -0.715. The van der Waals surface area contributed by atoms with Gasteiger partial charge in [0, 0.05) is 6.54 Å². The summed E-state index contributed by atoms with van der Waals surface area (Å²) in [7, 11) is 3.79. The summed E-state index contributed by atoms with van der Waals surface area (Å²) in [6, 6.07) is 9.80. The second kappa shape index (κ2) is 5.64. The summed E-state index contributed by atoms with van der Waals surface area (Å²) in [6.07, 6.45) is -0.715. The van der Waals surface area contributed by atoms with E-state index in [-0.39, 0.29) is 0 Å². The van der Waals surface area contributed by atoms with Gasteiger partial charge in [-0.25, -0.2) is 0 Å². The predicted molar refractivity (Wildman–Crippen MR) is 63.8 cm³/mol. The van der Waals surface area contributed by atoms with Crippen molar-refractivity contribution < 1.29 is 5.11 Å². The lowest BCUT2D eigenvalue weighted by Crippen LogP contribution is -2.25. The molecule has 0 aliphatic carbocycles. The molecule has 0 saturated heterocycles. The van der Waals surface area contributed by atoms with E-state index in [2.05, 4.69) is 6.07 Å². The van der Waals surface area contributed by atoms with Crippen molar-refractivity contribution in [3.05, 3.63) is 35.4 Å². The molecule has 1 aromatic rings. The molecule has 3 heteroatoms. The van der Waals surface area contributed by atoms with Gasteiger partial charge in [0.05, 0.1) is 18.1 Å². The van der Waals surface area contributed by atoms with Gasteiger partial charge in [-0.15, -0.1) is 0 Å². The molecule has 86 valence electrons. The number of aliphatic hydroxyl groups is 1. The average Bonchev–Trinajstić information content (AvgIpc) is 2.25. The summed E-state index contributed by atoms with van der Waals surface area (Å²) in [6.45, 7) is 2.56. The maximum atomic E-state index is 10.1. The first kappa shape index (κ1) is 12.7. The third-order valence-electron chi connectivity index (χ3n) is 2.53. The summed E-state index contributed by atoms with van der Waals surface area (Å²) in [5.41, 5.74) is 1.95. The van der Waals surface area contributed by atoms with Crippen molar-refractivity contribution >= 4 is 0 Å². The Balaban J connectivity index is 2.79. The van der Waals surface area contributed by atoms with Gasteiger partial charge < -0.3 is 10.0 Å². The van der Waals surface area contributed by atoms with Gasteiger partial charge in [0.15, 0.2) is 0 Å². The van der Waals surface area contributed by atoms with Crippen LogP contribution in [0.15, 0.2) is 24.3 Å². The molecule has 3 nitrogen and oxygen atoms in total. The molecular weight excluding hydrogens is 200 g/mol. The Labute approximate surface area is 96.9 Å². The average molecular weight is 218 g/mol. The first-order valence-corrected chi connectivity index (χ1v) is 5.33. The molecule has 2 unspecified atom stereocenters. The fourth-order valence-corrected chi connectivity index (χ4v) is 1.60. The van der Waals surface area contributed by atoms with Crippen molar-refractivity contribution in [3.8, 4) is 6.07 Å². The van der Waals surface area contributed by atoms with Gasteiger partial charge in [-0.2, -0.15) is 5.26 Å². The van der Waals surface area contributed by atoms with E-state index in [9.17, 15) is 5.11 Å². The Kier molecular flexibility index (Phi) is 4.48. The number of benzene rings is 1. The second-order valence-corrected chi connectivity index (χ2v) is 4.35. The normalized spacial score (nSPS) is 14.5. The van der Waals surface area contributed by atoms with Crippen molar-refractivity contribution in [2.45, 2.75) is 13.0 Å². The molecule has 0 spiro atoms. The zero-order chi connectivity index (χ0) is 12.1. The highest BCUT2D eigenvalue weighted by molar-refractivity contribution is 5.24. The van der Waals surface area contributed by atoms with Gasteiger partial charge in [-0.05, 0) is 26.6 Å². The van der Waals surface area contributed by atoms with Gasteiger partial charge in [-0.3, -0.25) is 0 Å². The van der Waals surface area contributed by atoms with Crippen LogP contribution in [0.5, 0.6) is 0 Å². The van der Waals surface area contributed by atoms with Crippen LogP contribution in [-0.4, -0.2) is 30.6 Å². The van der Waals surface area contributed by atoms with E-state index in [1.807, 2.05) is 50.2 Å². The first-order chi connectivity index (χ1) is 7.54. The van der Waals surface area contributed by atoms with Crippen molar-refractivity contribution in [2.24, 2.45) is 5.92 Å². The number of nitrogens with zero attached hydrogens (tertiary/aromatic N) is 2. The SMILES string of the molecule is Cc1ccc(C(O)C(C#N)CN(C)C)cc1. The highest BCUT2D eigenvalue weighted by atomic mass is 16.3. The van der Waals surface area contributed by atoms with Gasteiger partial charge in [0.25, 0.3) is 0 Å². The maximum absolute atomic E-state index is 10.1. The van der Waals surface area contributed by atoms with E-state index >= 15 is 0 Å². The van der Waals surface area contributed by atoms with Crippen LogP contribution < -0.4 is 0 Å². The summed E-state index contributed by atoms with van der Waals surface area (Å²) < 4.78 is 0. The molecule has 0 bridgehead atoms. The Morgan fingerprint density at radius 1 is 1.31 bits per heavy atom. The standard InChI is InChI=1S/C13H18N2O/c1-10-4-6-11(7-5-10)13(16)12(8-14)9-15(2)3/h4-7,12-13,16H,9H2,1-3H3. The molecule has 0 heterocycles. The number of aliphatic hydroxyl groups excluding tert-OH is 1. The lowest BCUT2D eigenvalue weighted by Gasteiger charge is -2.20. The molecule has 0 saturated carbocycles. The van der Waals surface area contributed by atoms with Gasteiger partial charge >= 0.3 is 0 Å². The van der Waals surface area contributed by atoms with Gasteiger partial charge in [0.1, 0.15) is 0 Å². The fourth-order valence-electron chi connectivity index (χ4n) is 1.60. The highest BCUT2D eigenvalue weighted by Gasteiger charge is 2.20. The topological polar surface area (TPSA) is 47.3 Å². The summed E-state index contributed by atoms with van der Waals surface area (Å²) >= 11 is 0. The van der Waals surface area contributed by atoms with E-state index in [1.165, 1.54) is 0 Å². The zero-order valence-electron chi connectivity index (χ0n) is 10.0. The number of rotatable bonds is 4. The van der Waals surface area contributed by atoms with Crippen molar-refractivity contribution in [2.75, 3.05) is 20.6 Å². The minimum Gasteiger partial charge on any atom is -0.387 e. The third kappa shape index (κ3) is 3.34. The molecule has 1 rings (SSSR count). The Morgan fingerprint density at radius 3 is 2.31 bits per heavy atom. The highest BCUT2D eigenvalue weighted by Crippen LogP contribution is 2.22. The van der Waals surface area contributed by atoms with Crippen LogP contribution in [-0.2, 0) is 0 Å². The molecule has 0 aliphatic rings. The van der Waals surface area contributed by atoms with Crippen molar-refractivity contribution in [3.63, 3.8) is 0 Å². The maximum Gasteiger partial charge on any atom is 0.0960 e. The van der Waals surface area contributed by atoms with Crippen molar-refractivity contribution in [1.29, 1.82) is 5.26 Å². The zero-order valence-corrected chi connectivity index (χ0v) is 10.0. The van der Waals surface area contributed by atoms with Crippen molar-refractivity contribution in [1.82, 2.24) is 4.90 Å². The molecule has 2 atom stereocenters. The lowest BCUT2D eigenvalue weighted by atomic mass is 9.96. The lowest BCUT2D eigenvalue weighted by molar-refractivity contribution is 0.118. The largest absolute Gasteiger partial charge is 0.387 e. The molecule has 0 aromatic heterocycles. The molecule has 0 fully saturated rings. The van der Waals surface area contributed by atoms with E-state index in [4.69, 9.17) is 5.26 Å². The van der Waals surface area contributed by atoms with Crippen LogP contribution >= 0.6 is 0 Å². The third-order valence-corrected chi connectivity index (χ3v) is 2.53. The Hall–Kier alpha value is -1.37. The van der Waals surface area contributed by atoms with E-state index in [0.717, 1.165) is 11.1 Å². The number of hydrogen-bond donors (Lipinski definition) is 1. The first-order valence-electron chi connectivity index (χ1n) is 5.33. The van der Waals surface area contributed by atoms with E-state index < -0.39 is 12.0 Å². The van der Waals surface area contributed by atoms with Crippen LogP contribution in [0.25, 0.3) is 0 Å². The van der Waals surface area contributed by atoms with Gasteiger partial charge in [-0.1, -0.05) is 29.8 Å². The second-order valence-electron chi connectivity index (χ2n) is 4.35. The molecular formula is C13H18N2O. The monoisotopic (exact) mass is 218 g/mol. The van der Waals surface area contributed by atoms with E-state index in [1.54, 1.807) is 0 Å². The molecule has 0 aliphatic heterocycles. The van der Waals surface area contributed by atoms with Crippen LogP contribution in [0.2, 0.25) is 0 Å². The Bertz CT molecular complexity index is 365. The van der Waals surface area contributed by atoms with Gasteiger partial charge in [0.2, 0.25) is 0 Å². The fraction of sp³-hybridized carbons (Fsp3) is 0.462. The Morgan fingerprint density at radius 2 is 1.88 bits per heavy atom.